The van der Waals surface area contributed by atoms with Gasteiger partial charge in [-0.1, -0.05) is 11.6 Å². The fourth-order valence-electron chi connectivity index (χ4n) is 4.53. The van der Waals surface area contributed by atoms with Gasteiger partial charge in [0, 0.05) is 36.2 Å². The summed E-state index contributed by atoms with van der Waals surface area (Å²) in [5.41, 5.74) is 4.50. The van der Waals surface area contributed by atoms with Crippen LogP contribution in [0.5, 0.6) is 17.2 Å². The van der Waals surface area contributed by atoms with E-state index in [0.29, 0.717) is 12.2 Å². The summed E-state index contributed by atoms with van der Waals surface area (Å²) in [5, 5.41) is 15.2. The molecule has 1 aromatic carbocycles. The van der Waals surface area contributed by atoms with Crippen LogP contribution in [0.25, 0.3) is 0 Å². The Morgan fingerprint density at radius 3 is 2.93 bits per heavy atom. The number of methoxy groups -OCH3 is 1. The number of benzene rings is 1. The van der Waals surface area contributed by atoms with Crippen LogP contribution in [0.4, 0.5) is 0 Å². The lowest BCUT2D eigenvalue weighted by Crippen LogP contribution is -2.35. The molecule has 0 saturated heterocycles. The predicted molar refractivity (Wildman–Crippen MR) is 105 cm³/mol. The van der Waals surface area contributed by atoms with Gasteiger partial charge in [0.15, 0.2) is 11.5 Å². The van der Waals surface area contributed by atoms with Gasteiger partial charge in [0.05, 0.1) is 7.11 Å². The van der Waals surface area contributed by atoms with E-state index in [9.17, 15) is 5.21 Å². The van der Waals surface area contributed by atoms with Crippen LogP contribution in [0.2, 0.25) is 0 Å². The summed E-state index contributed by atoms with van der Waals surface area (Å²) in [5.74, 6) is 2.40. The maximum atomic E-state index is 11.7. The number of hydrogen-bond donors (Lipinski definition) is 0. The first-order chi connectivity index (χ1) is 13.1. The third-order valence-electron chi connectivity index (χ3n) is 6.18. The molecule has 3 aliphatic rings. The highest BCUT2D eigenvalue weighted by molar-refractivity contribution is 5.88. The second-order valence-electron chi connectivity index (χ2n) is 7.77. The fourth-order valence-corrected chi connectivity index (χ4v) is 4.53. The molecule has 0 bridgehead atoms. The van der Waals surface area contributed by atoms with Crippen LogP contribution in [0.1, 0.15) is 49.8 Å². The largest absolute Gasteiger partial charge is 0.792 e. The topological polar surface area (TPSA) is 66.4 Å². The van der Waals surface area contributed by atoms with Crippen LogP contribution in [0, 0.1) is 11.1 Å². The van der Waals surface area contributed by atoms with Crippen LogP contribution >= 0.6 is 0 Å². The Labute approximate surface area is 160 Å². The molecule has 6 nitrogen and oxygen atoms in total. The predicted octanol–water partition coefficient (Wildman–Crippen LogP) is 4.03. The van der Waals surface area contributed by atoms with Gasteiger partial charge in [-0.2, -0.15) is 0 Å². The first-order valence-electron chi connectivity index (χ1n) is 9.66. The van der Waals surface area contributed by atoms with Crippen LogP contribution in [-0.2, 0) is 6.42 Å². The molecule has 27 heavy (non-hydrogen) atoms. The van der Waals surface area contributed by atoms with Gasteiger partial charge in [-0.05, 0) is 51.3 Å². The van der Waals surface area contributed by atoms with Crippen molar-refractivity contribution in [1.29, 1.82) is 0 Å². The molecule has 0 fully saturated rings. The molecule has 6 heteroatoms. The molecule has 4 rings (SSSR count). The Kier molecular flexibility index (Phi) is 5.00. The van der Waals surface area contributed by atoms with Crippen LogP contribution in [-0.4, -0.2) is 38.1 Å². The summed E-state index contributed by atoms with van der Waals surface area (Å²) >= 11 is 0. The number of likely N-dealkylation sites (N-methyl/N-ethyl adjacent to an activating group) is 1. The van der Waals surface area contributed by atoms with Crippen LogP contribution in [0.15, 0.2) is 22.9 Å². The summed E-state index contributed by atoms with van der Waals surface area (Å²) < 4.78 is 17.0. The molecule has 2 unspecified atom stereocenters. The molecule has 0 amide bonds. The molecule has 2 heterocycles. The van der Waals surface area contributed by atoms with E-state index in [1.807, 2.05) is 0 Å². The van der Waals surface area contributed by atoms with E-state index in [2.05, 4.69) is 36.2 Å². The standard InChI is InChI=1S/C21H28N2O4/c1-13-4-6-14(7-5-13)16(22-24)11-17-19-15(8-9-23(17)2)10-18-20(21(19)25-3)27-12-26-18/h4,10,14,17,24H,5-9,11-12H2,1-3H3/p-1. The Morgan fingerprint density at radius 1 is 1.37 bits per heavy atom. The van der Waals surface area contributed by atoms with Crippen molar-refractivity contribution in [3.05, 3.63) is 34.0 Å². The molecule has 146 valence electrons. The first-order valence-corrected chi connectivity index (χ1v) is 9.66. The van der Waals surface area contributed by atoms with Gasteiger partial charge in [-0.3, -0.25) is 4.90 Å². The van der Waals surface area contributed by atoms with E-state index in [1.165, 1.54) is 11.1 Å². The summed E-state index contributed by atoms with van der Waals surface area (Å²) in [6.45, 7) is 3.30. The first kappa shape index (κ1) is 18.2. The zero-order valence-corrected chi connectivity index (χ0v) is 16.3. The van der Waals surface area contributed by atoms with Gasteiger partial charge < -0.3 is 24.6 Å². The number of rotatable bonds is 4. The third kappa shape index (κ3) is 3.27. The lowest BCUT2D eigenvalue weighted by molar-refractivity contribution is 0.170. The van der Waals surface area contributed by atoms with E-state index in [0.717, 1.165) is 55.0 Å². The highest BCUT2D eigenvalue weighted by Gasteiger charge is 2.35. The molecule has 0 aromatic heterocycles. The molecule has 0 N–H and O–H groups in total. The Bertz CT molecular complexity index is 787. The second-order valence-corrected chi connectivity index (χ2v) is 7.77. The highest BCUT2D eigenvalue weighted by atomic mass is 16.7. The molecule has 2 aliphatic heterocycles. The zero-order valence-electron chi connectivity index (χ0n) is 16.3. The lowest BCUT2D eigenvalue weighted by atomic mass is 9.81. The second kappa shape index (κ2) is 7.43. The van der Waals surface area contributed by atoms with Crippen molar-refractivity contribution in [2.45, 2.75) is 45.1 Å². The third-order valence-corrected chi connectivity index (χ3v) is 6.18. The maximum Gasteiger partial charge on any atom is 0.231 e. The van der Waals surface area contributed by atoms with E-state index < -0.39 is 0 Å². The number of allylic oxidation sites excluding steroid dienone is 2. The average molecular weight is 371 g/mol. The van der Waals surface area contributed by atoms with Gasteiger partial charge in [0.2, 0.25) is 12.5 Å². The van der Waals surface area contributed by atoms with Crippen molar-refractivity contribution < 1.29 is 14.2 Å². The van der Waals surface area contributed by atoms with Gasteiger partial charge in [-0.15, -0.1) is 0 Å². The smallest absolute Gasteiger partial charge is 0.231 e. The minimum atomic E-state index is 0.0536. The van der Waals surface area contributed by atoms with Crippen molar-refractivity contribution in [1.82, 2.24) is 4.90 Å². The highest BCUT2D eigenvalue weighted by Crippen LogP contribution is 2.50. The Balaban J connectivity index is 1.68. The number of nitrogens with zero attached hydrogens (tertiary/aromatic N) is 2. The zero-order chi connectivity index (χ0) is 19.0. The monoisotopic (exact) mass is 371 g/mol. The van der Waals surface area contributed by atoms with E-state index in [4.69, 9.17) is 14.2 Å². The molecular weight excluding hydrogens is 344 g/mol. The molecule has 1 aromatic rings. The number of hydrogen-bond acceptors (Lipinski definition) is 6. The Hall–Kier alpha value is -2.21. The van der Waals surface area contributed by atoms with Crippen LogP contribution in [0.3, 0.4) is 0 Å². The number of fused-ring (bicyclic) bond motifs is 2. The molecule has 0 radical (unpaired) electrons. The lowest BCUT2D eigenvalue weighted by Gasteiger charge is -2.37. The van der Waals surface area contributed by atoms with E-state index in [1.54, 1.807) is 7.11 Å². The SMILES string of the molecule is COc1c2c(cc3c1C(CC(=N[O-])C1CC=C(C)CC1)N(C)CC3)OCO2. The van der Waals surface area contributed by atoms with Crippen LogP contribution < -0.4 is 14.2 Å². The maximum absolute atomic E-state index is 11.7. The van der Waals surface area contributed by atoms with Gasteiger partial charge in [0.1, 0.15) is 0 Å². The van der Waals surface area contributed by atoms with Crippen molar-refractivity contribution in [2.75, 3.05) is 27.5 Å². The summed E-state index contributed by atoms with van der Waals surface area (Å²) in [6.07, 6.45) is 6.75. The molecule has 2 atom stereocenters. The fraction of sp³-hybridized carbons (Fsp3) is 0.571. The Morgan fingerprint density at radius 2 is 2.22 bits per heavy atom. The van der Waals surface area contributed by atoms with E-state index >= 15 is 0 Å². The van der Waals surface area contributed by atoms with Gasteiger partial charge >= 0.3 is 0 Å². The average Bonchev–Trinajstić information content (AvgIpc) is 3.15. The summed E-state index contributed by atoms with van der Waals surface area (Å²) in [6, 6.07) is 2.12. The van der Waals surface area contributed by atoms with Gasteiger partial charge in [-0.25, -0.2) is 0 Å². The van der Waals surface area contributed by atoms with Gasteiger partial charge in [0.25, 0.3) is 0 Å². The minimum Gasteiger partial charge on any atom is -0.792 e. The van der Waals surface area contributed by atoms with Crippen molar-refractivity contribution in [3.63, 3.8) is 0 Å². The minimum absolute atomic E-state index is 0.0536. The molecule has 0 spiro atoms. The van der Waals surface area contributed by atoms with Crippen molar-refractivity contribution >= 4 is 5.71 Å². The normalized spacial score (nSPS) is 25.1. The summed E-state index contributed by atoms with van der Waals surface area (Å²) in [4.78, 5) is 2.29. The van der Waals surface area contributed by atoms with E-state index in [-0.39, 0.29) is 18.8 Å². The molecule has 1 aliphatic carbocycles. The molecular formula is C21H27N2O4-. The van der Waals surface area contributed by atoms with Crippen molar-refractivity contribution in [2.24, 2.45) is 11.1 Å². The summed E-state index contributed by atoms with van der Waals surface area (Å²) in [7, 11) is 3.77. The van der Waals surface area contributed by atoms with Crippen molar-refractivity contribution in [3.8, 4) is 17.2 Å². The molecule has 0 saturated carbocycles. The number of ether oxygens (including phenoxy) is 3. The quantitative estimate of drug-likeness (QED) is 0.454.